The van der Waals surface area contributed by atoms with E-state index in [4.69, 9.17) is 0 Å². The molecule has 4 rings (SSSR count). The maximum absolute atomic E-state index is 14.3. The van der Waals surface area contributed by atoms with Gasteiger partial charge in [-0.15, -0.1) is 0 Å². The average molecular weight is 347 g/mol. The maximum atomic E-state index is 14.3. The van der Waals surface area contributed by atoms with Gasteiger partial charge in [-0.3, -0.25) is 14.2 Å². The molecule has 0 aliphatic carbocycles. The first-order valence-electron chi connectivity index (χ1n) is 7.96. The van der Waals surface area contributed by atoms with Crippen molar-refractivity contribution in [2.24, 2.45) is 0 Å². The molecule has 0 aliphatic heterocycles. The molecule has 2 aromatic carbocycles. The van der Waals surface area contributed by atoms with E-state index in [1.165, 1.54) is 25.1 Å². The van der Waals surface area contributed by atoms with Crippen LogP contribution < -0.4 is 0 Å². The normalized spacial score (nSPS) is 11.0. The van der Waals surface area contributed by atoms with Gasteiger partial charge in [0.15, 0.2) is 11.4 Å². The summed E-state index contributed by atoms with van der Waals surface area (Å²) < 4.78 is 16.1. The number of nitrogens with zero attached hydrogens (tertiary/aromatic N) is 3. The van der Waals surface area contributed by atoms with Crippen LogP contribution in [0.25, 0.3) is 28.2 Å². The first kappa shape index (κ1) is 16.0. The summed E-state index contributed by atoms with van der Waals surface area (Å²) in [6.45, 7) is 1.44. The smallest absolute Gasteiger partial charge is 0.159 e. The predicted molar refractivity (Wildman–Crippen MR) is 95.5 cm³/mol. The summed E-state index contributed by atoms with van der Waals surface area (Å²) in [7, 11) is 0. The highest BCUT2D eigenvalue weighted by atomic mass is 19.1. The van der Waals surface area contributed by atoms with Gasteiger partial charge in [-0.2, -0.15) is 0 Å². The lowest BCUT2D eigenvalue weighted by atomic mass is 10.1. The quantitative estimate of drug-likeness (QED) is 0.566. The molecule has 1 N–H and O–H groups in total. The second-order valence-electron chi connectivity index (χ2n) is 5.94. The van der Waals surface area contributed by atoms with Crippen molar-refractivity contribution in [1.82, 2.24) is 14.4 Å². The number of hydrogen-bond donors (Lipinski definition) is 1. The number of benzene rings is 2. The molecule has 0 amide bonds. The number of ketones is 1. The van der Waals surface area contributed by atoms with Crippen LogP contribution in [0.2, 0.25) is 0 Å². The molecule has 0 saturated heterocycles. The van der Waals surface area contributed by atoms with Crippen LogP contribution in [0.4, 0.5) is 4.39 Å². The maximum Gasteiger partial charge on any atom is 0.159 e. The Morgan fingerprint density at radius 1 is 1.08 bits per heavy atom. The Morgan fingerprint density at radius 3 is 2.58 bits per heavy atom. The molecule has 6 heteroatoms. The van der Waals surface area contributed by atoms with Crippen molar-refractivity contribution in [1.29, 1.82) is 0 Å². The van der Waals surface area contributed by atoms with Crippen LogP contribution >= 0.6 is 0 Å². The Bertz CT molecular complexity index is 1130. The molecule has 0 aliphatic rings. The van der Waals surface area contributed by atoms with Gasteiger partial charge >= 0.3 is 0 Å². The van der Waals surface area contributed by atoms with Gasteiger partial charge in [0.1, 0.15) is 11.6 Å². The van der Waals surface area contributed by atoms with Gasteiger partial charge in [-0.25, -0.2) is 9.37 Å². The summed E-state index contributed by atoms with van der Waals surface area (Å²) >= 11 is 0. The number of aromatic hydroxyl groups is 1. The fourth-order valence-corrected chi connectivity index (χ4v) is 2.81. The Labute approximate surface area is 148 Å². The molecule has 5 nitrogen and oxygen atoms in total. The zero-order chi connectivity index (χ0) is 18.3. The number of phenols is 1. The summed E-state index contributed by atoms with van der Waals surface area (Å²) in [6.07, 6.45) is 4.93. The van der Waals surface area contributed by atoms with Gasteiger partial charge in [0, 0.05) is 22.9 Å². The molecule has 0 spiro atoms. The van der Waals surface area contributed by atoms with E-state index in [1.807, 2.05) is 0 Å². The van der Waals surface area contributed by atoms with Crippen molar-refractivity contribution in [3.05, 3.63) is 72.4 Å². The van der Waals surface area contributed by atoms with Gasteiger partial charge in [0.25, 0.3) is 0 Å². The number of carbonyl (C=O) groups is 1. The third-order valence-electron chi connectivity index (χ3n) is 4.21. The van der Waals surface area contributed by atoms with E-state index in [0.717, 1.165) is 11.3 Å². The molecule has 0 fully saturated rings. The van der Waals surface area contributed by atoms with E-state index in [1.54, 1.807) is 47.3 Å². The molecule has 4 aromatic rings. The molecule has 128 valence electrons. The third-order valence-corrected chi connectivity index (χ3v) is 4.21. The van der Waals surface area contributed by atoms with Gasteiger partial charge in [-0.05, 0) is 49.4 Å². The van der Waals surface area contributed by atoms with E-state index in [2.05, 4.69) is 9.97 Å². The van der Waals surface area contributed by atoms with Gasteiger partial charge in [0.05, 0.1) is 23.8 Å². The third kappa shape index (κ3) is 2.71. The molecule has 0 unspecified atom stereocenters. The molecule has 26 heavy (non-hydrogen) atoms. The summed E-state index contributed by atoms with van der Waals surface area (Å²) in [4.78, 5) is 20.2. The minimum atomic E-state index is -0.451. The van der Waals surface area contributed by atoms with Crippen molar-refractivity contribution in [2.45, 2.75) is 6.92 Å². The molecule has 0 saturated carbocycles. The Balaban J connectivity index is 1.88. The predicted octanol–water partition coefficient (Wildman–Crippen LogP) is 4.11. The molecule has 0 atom stereocenters. The number of phenolic OH excluding ortho intramolecular Hbond substituents is 1. The number of halogens is 1. The highest BCUT2D eigenvalue weighted by molar-refractivity contribution is 5.95. The lowest BCUT2D eigenvalue weighted by molar-refractivity contribution is 0.101. The number of fused-ring (bicyclic) bond motifs is 1. The average Bonchev–Trinajstić information content (AvgIpc) is 3.05. The number of Topliss-reactive ketones (excluding diaryl/α,β-unsaturated/α-hetero) is 1. The van der Waals surface area contributed by atoms with Gasteiger partial charge in [0.2, 0.25) is 0 Å². The minimum absolute atomic E-state index is 0.139. The summed E-state index contributed by atoms with van der Waals surface area (Å²) in [6, 6.07) is 11.0. The molecule has 0 bridgehead atoms. The van der Waals surface area contributed by atoms with E-state index < -0.39 is 5.82 Å². The van der Waals surface area contributed by atoms with E-state index >= 15 is 0 Å². The molecule has 0 radical (unpaired) electrons. The summed E-state index contributed by atoms with van der Waals surface area (Å²) in [5.74, 6) is -0.416. The number of rotatable bonds is 3. The van der Waals surface area contributed by atoms with Crippen LogP contribution in [0.15, 0.2) is 61.1 Å². The lowest BCUT2D eigenvalue weighted by Crippen LogP contribution is -1.98. The summed E-state index contributed by atoms with van der Waals surface area (Å²) in [5, 5.41) is 9.46. The van der Waals surface area contributed by atoms with Crippen LogP contribution in [0.3, 0.4) is 0 Å². The van der Waals surface area contributed by atoms with Crippen molar-refractivity contribution in [3.63, 3.8) is 0 Å². The van der Waals surface area contributed by atoms with Crippen molar-refractivity contribution >= 4 is 11.4 Å². The van der Waals surface area contributed by atoms with Crippen LogP contribution in [0, 0.1) is 5.82 Å². The molecular weight excluding hydrogens is 333 g/mol. The fraction of sp³-hybridized carbons (Fsp3) is 0.0500. The second-order valence-corrected chi connectivity index (χ2v) is 5.94. The standard InChI is InChI=1S/C20H14FN3O2/c1-12(25)14-4-7-17(21)16(8-14)18-11-24-19(9-23-20(24)10-22-18)13-2-5-15(26)6-3-13/h2-11,26H,1H3. The van der Waals surface area contributed by atoms with E-state index in [9.17, 15) is 14.3 Å². The molecular formula is C20H14FN3O2. The topological polar surface area (TPSA) is 67.5 Å². The first-order chi connectivity index (χ1) is 12.5. The van der Waals surface area contributed by atoms with E-state index in [-0.39, 0.29) is 17.1 Å². The Hall–Kier alpha value is -3.54. The number of aromatic nitrogens is 3. The lowest BCUT2D eigenvalue weighted by Gasteiger charge is -2.07. The number of carbonyl (C=O) groups excluding carboxylic acids is 1. The highest BCUT2D eigenvalue weighted by Gasteiger charge is 2.13. The van der Waals surface area contributed by atoms with Crippen LogP contribution in [0.1, 0.15) is 17.3 Å². The monoisotopic (exact) mass is 347 g/mol. The van der Waals surface area contributed by atoms with Crippen LogP contribution in [0.5, 0.6) is 5.75 Å². The number of hydrogen-bond acceptors (Lipinski definition) is 4. The van der Waals surface area contributed by atoms with E-state index in [0.29, 0.717) is 16.9 Å². The van der Waals surface area contributed by atoms with Crippen molar-refractivity contribution in [2.75, 3.05) is 0 Å². The van der Waals surface area contributed by atoms with Crippen LogP contribution in [-0.4, -0.2) is 25.3 Å². The van der Waals surface area contributed by atoms with Crippen LogP contribution in [-0.2, 0) is 0 Å². The fourth-order valence-electron chi connectivity index (χ4n) is 2.81. The van der Waals surface area contributed by atoms with Crippen molar-refractivity contribution < 1.29 is 14.3 Å². The zero-order valence-electron chi connectivity index (χ0n) is 13.8. The largest absolute Gasteiger partial charge is 0.508 e. The van der Waals surface area contributed by atoms with Gasteiger partial charge < -0.3 is 5.11 Å². The Morgan fingerprint density at radius 2 is 1.85 bits per heavy atom. The zero-order valence-corrected chi connectivity index (χ0v) is 13.8. The molecule has 2 aromatic heterocycles. The minimum Gasteiger partial charge on any atom is -0.508 e. The SMILES string of the molecule is CC(=O)c1ccc(F)c(-c2cn3c(-c4ccc(O)cc4)cnc3cn2)c1. The summed E-state index contributed by atoms with van der Waals surface area (Å²) in [5.41, 5.74) is 3.32. The Kier molecular flexibility index (Phi) is 3.73. The molecule has 2 heterocycles. The second kappa shape index (κ2) is 6.07. The number of imidazole rings is 1. The highest BCUT2D eigenvalue weighted by Crippen LogP contribution is 2.27. The first-order valence-corrected chi connectivity index (χ1v) is 7.96. The van der Waals surface area contributed by atoms with Gasteiger partial charge in [-0.1, -0.05) is 0 Å². The van der Waals surface area contributed by atoms with Crippen molar-refractivity contribution in [3.8, 4) is 28.3 Å².